The summed E-state index contributed by atoms with van der Waals surface area (Å²) in [6, 6.07) is 5.54. The number of benzene rings is 1. The summed E-state index contributed by atoms with van der Waals surface area (Å²) in [4.78, 5) is 0. The highest BCUT2D eigenvalue weighted by molar-refractivity contribution is 5.88. The number of anilines is 1. The highest BCUT2D eigenvalue weighted by atomic mass is 16.5. The third-order valence-corrected chi connectivity index (χ3v) is 2.17. The first-order valence-electron chi connectivity index (χ1n) is 4.36. The zero-order valence-corrected chi connectivity index (χ0v) is 7.66. The number of fused-ring (bicyclic) bond motifs is 1. The molecule has 6 heteroatoms. The second kappa shape index (κ2) is 2.81. The summed E-state index contributed by atoms with van der Waals surface area (Å²) in [5, 5.41) is 12.1. The van der Waals surface area contributed by atoms with E-state index in [0.29, 0.717) is 11.4 Å². The van der Waals surface area contributed by atoms with Gasteiger partial charge >= 0.3 is 0 Å². The van der Waals surface area contributed by atoms with E-state index in [1.54, 1.807) is 17.1 Å². The van der Waals surface area contributed by atoms with Crippen LogP contribution in [0.3, 0.4) is 0 Å². The van der Waals surface area contributed by atoms with Crippen LogP contribution in [0.5, 0.6) is 0 Å². The van der Waals surface area contributed by atoms with E-state index >= 15 is 0 Å². The Kier molecular flexibility index (Phi) is 1.49. The minimum absolute atomic E-state index is 0.398. The fourth-order valence-corrected chi connectivity index (χ4v) is 1.43. The molecular weight excluding hydrogens is 194 g/mol. The van der Waals surface area contributed by atoms with E-state index in [0.717, 1.165) is 11.1 Å². The normalized spacial score (nSPS) is 10.9. The summed E-state index contributed by atoms with van der Waals surface area (Å²) in [5.41, 5.74) is 7.10. The largest absolute Gasteiger partial charge is 0.380 e. The van der Waals surface area contributed by atoms with Crippen LogP contribution in [0.25, 0.3) is 16.7 Å². The molecule has 0 bridgehead atoms. The van der Waals surface area contributed by atoms with Crippen LogP contribution in [0.4, 0.5) is 5.82 Å². The number of nitrogen functional groups attached to an aromatic ring is 1. The van der Waals surface area contributed by atoms with Gasteiger partial charge in [-0.2, -0.15) is 0 Å². The van der Waals surface area contributed by atoms with E-state index in [2.05, 4.69) is 15.5 Å². The Morgan fingerprint density at radius 2 is 2.27 bits per heavy atom. The fraction of sp³-hybridized carbons (Fsp3) is 0. The molecule has 2 aromatic heterocycles. The molecule has 0 amide bonds. The molecule has 3 rings (SSSR count). The van der Waals surface area contributed by atoms with Gasteiger partial charge in [0.2, 0.25) is 0 Å². The third-order valence-electron chi connectivity index (χ3n) is 2.17. The lowest BCUT2D eigenvalue weighted by molar-refractivity contribution is 0.460. The van der Waals surface area contributed by atoms with Crippen molar-refractivity contribution in [3.8, 4) is 5.69 Å². The highest BCUT2D eigenvalue weighted by Crippen LogP contribution is 2.22. The molecule has 0 fully saturated rings. The number of hydrogen-bond donors (Lipinski definition) is 1. The molecule has 6 nitrogen and oxygen atoms in total. The summed E-state index contributed by atoms with van der Waals surface area (Å²) in [5.74, 6) is 0.398. The SMILES string of the molecule is Nc1noc2cc(-n3ccnn3)ccc12. The van der Waals surface area contributed by atoms with Crippen molar-refractivity contribution in [2.45, 2.75) is 0 Å². The van der Waals surface area contributed by atoms with Crippen molar-refractivity contribution < 1.29 is 4.52 Å². The van der Waals surface area contributed by atoms with Gasteiger partial charge in [-0.1, -0.05) is 10.4 Å². The minimum Gasteiger partial charge on any atom is -0.380 e. The van der Waals surface area contributed by atoms with E-state index in [1.165, 1.54) is 0 Å². The second-order valence-corrected chi connectivity index (χ2v) is 3.10. The zero-order valence-electron chi connectivity index (χ0n) is 7.66. The molecule has 15 heavy (non-hydrogen) atoms. The van der Waals surface area contributed by atoms with Crippen LogP contribution in [-0.2, 0) is 0 Å². The number of nitrogens with two attached hydrogens (primary N) is 1. The van der Waals surface area contributed by atoms with Crippen molar-refractivity contribution in [2.75, 3.05) is 5.73 Å². The first-order valence-corrected chi connectivity index (χ1v) is 4.36. The van der Waals surface area contributed by atoms with Crippen LogP contribution >= 0.6 is 0 Å². The Morgan fingerprint density at radius 1 is 1.33 bits per heavy atom. The van der Waals surface area contributed by atoms with Crippen molar-refractivity contribution in [1.82, 2.24) is 20.2 Å². The van der Waals surface area contributed by atoms with Gasteiger partial charge in [0.25, 0.3) is 0 Å². The molecule has 2 N–H and O–H groups in total. The lowest BCUT2D eigenvalue weighted by Crippen LogP contribution is -1.94. The molecule has 0 saturated heterocycles. The zero-order chi connectivity index (χ0) is 10.3. The first kappa shape index (κ1) is 7.98. The Bertz CT molecular complexity index is 598. The second-order valence-electron chi connectivity index (χ2n) is 3.10. The van der Waals surface area contributed by atoms with Crippen LogP contribution in [-0.4, -0.2) is 20.2 Å². The molecule has 0 saturated carbocycles. The van der Waals surface area contributed by atoms with E-state index < -0.39 is 0 Å². The van der Waals surface area contributed by atoms with E-state index in [9.17, 15) is 0 Å². The van der Waals surface area contributed by atoms with Gasteiger partial charge in [0.15, 0.2) is 11.4 Å². The molecule has 0 aliphatic heterocycles. The van der Waals surface area contributed by atoms with Crippen LogP contribution < -0.4 is 5.73 Å². The van der Waals surface area contributed by atoms with Gasteiger partial charge in [-0.05, 0) is 12.1 Å². The summed E-state index contributed by atoms with van der Waals surface area (Å²) in [7, 11) is 0. The van der Waals surface area contributed by atoms with E-state index in [1.807, 2.05) is 18.2 Å². The molecule has 0 radical (unpaired) electrons. The average Bonchev–Trinajstić information content (AvgIpc) is 2.88. The maximum atomic E-state index is 5.61. The van der Waals surface area contributed by atoms with Gasteiger partial charge in [-0.3, -0.25) is 0 Å². The molecule has 2 heterocycles. The quantitative estimate of drug-likeness (QED) is 0.634. The van der Waals surface area contributed by atoms with Crippen molar-refractivity contribution in [3.63, 3.8) is 0 Å². The number of rotatable bonds is 1. The van der Waals surface area contributed by atoms with Gasteiger partial charge in [0.05, 0.1) is 23.5 Å². The molecule has 74 valence electrons. The summed E-state index contributed by atoms with van der Waals surface area (Å²) < 4.78 is 6.69. The Hall–Kier alpha value is -2.37. The van der Waals surface area contributed by atoms with Crippen LogP contribution in [0.2, 0.25) is 0 Å². The minimum atomic E-state index is 0.398. The average molecular weight is 201 g/mol. The van der Waals surface area contributed by atoms with Crippen molar-refractivity contribution in [1.29, 1.82) is 0 Å². The number of hydrogen-bond acceptors (Lipinski definition) is 5. The number of nitrogens with zero attached hydrogens (tertiary/aromatic N) is 4. The maximum Gasteiger partial charge on any atom is 0.174 e. The van der Waals surface area contributed by atoms with Gasteiger partial charge < -0.3 is 10.3 Å². The highest BCUT2D eigenvalue weighted by Gasteiger charge is 2.06. The van der Waals surface area contributed by atoms with Crippen molar-refractivity contribution in [3.05, 3.63) is 30.6 Å². The predicted molar refractivity (Wildman–Crippen MR) is 53.3 cm³/mol. The van der Waals surface area contributed by atoms with E-state index in [-0.39, 0.29) is 0 Å². The number of aromatic nitrogens is 4. The molecule has 1 aromatic carbocycles. The van der Waals surface area contributed by atoms with Crippen LogP contribution in [0.15, 0.2) is 35.1 Å². The summed E-state index contributed by atoms with van der Waals surface area (Å²) >= 11 is 0. The lowest BCUT2D eigenvalue weighted by Gasteiger charge is -1.98. The van der Waals surface area contributed by atoms with Gasteiger partial charge in [0.1, 0.15) is 0 Å². The summed E-state index contributed by atoms with van der Waals surface area (Å²) in [6.07, 6.45) is 3.36. The molecule has 0 atom stereocenters. The van der Waals surface area contributed by atoms with Gasteiger partial charge in [-0.15, -0.1) is 5.10 Å². The fourth-order valence-electron chi connectivity index (χ4n) is 1.43. The van der Waals surface area contributed by atoms with E-state index in [4.69, 9.17) is 10.3 Å². The van der Waals surface area contributed by atoms with Crippen molar-refractivity contribution in [2.24, 2.45) is 0 Å². The molecule has 0 aliphatic rings. The Balaban J connectivity index is 2.23. The maximum absolute atomic E-state index is 5.61. The van der Waals surface area contributed by atoms with Crippen LogP contribution in [0, 0.1) is 0 Å². The third kappa shape index (κ3) is 1.15. The standard InChI is InChI=1S/C9H7N5O/c10-9-7-2-1-6(5-8(7)15-12-9)14-4-3-11-13-14/h1-5H,(H2,10,12). The molecular formula is C9H7N5O. The van der Waals surface area contributed by atoms with Crippen molar-refractivity contribution >= 4 is 16.8 Å². The monoisotopic (exact) mass is 201 g/mol. The molecule has 3 aromatic rings. The lowest BCUT2D eigenvalue weighted by atomic mass is 10.2. The predicted octanol–water partition coefficient (Wildman–Crippen LogP) is 0.991. The Morgan fingerprint density at radius 3 is 3.07 bits per heavy atom. The van der Waals surface area contributed by atoms with Crippen LogP contribution in [0.1, 0.15) is 0 Å². The summed E-state index contributed by atoms with van der Waals surface area (Å²) in [6.45, 7) is 0. The smallest absolute Gasteiger partial charge is 0.174 e. The molecule has 0 aliphatic carbocycles. The van der Waals surface area contributed by atoms with Gasteiger partial charge in [-0.25, -0.2) is 4.68 Å². The Labute approximate surface area is 84.3 Å². The van der Waals surface area contributed by atoms with Gasteiger partial charge in [0, 0.05) is 6.07 Å². The molecule has 0 unspecified atom stereocenters. The topological polar surface area (TPSA) is 82.8 Å². The first-order chi connectivity index (χ1) is 7.34. The molecule has 0 spiro atoms.